The van der Waals surface area contributed by atoms with Crippen molar-refractivity contribution in [2.24, 2.45) is 0 Å². The maximum atomic E-state index is 13.3. The summed E-state index contributed by atoms with van der Waals surface area (Å²) in [7, 11) is -3.58. The monoisotopic (exact) mass is 376 g/mol. The van der Waals surface area contributed by atoms with Gasteiger partial charge in [-0.25, -0.2) is 17.8 Å². The predicted molar refractivity (Wildman–Crippen MR) is 94.0 cm³/mol. The highest BCUT2D eigenvalue weighted by atomic mass is 32.2. The summed E-state index contributed by atoms with van der Waals surface area (Å²) in [6, 6.07) is 4.60. The van der Waals surface area contributed by atoms with E-state index in [1.54, 1.807) is 6.07 Å². The van der Waals surface area contributed by atoms with Crippen LogP contribution in [0.2, 0.25) is 0 Å². The third-order valence-electron chi connectivity index (χ3n) is 4.61. The lowest BCUT2D eigenvalue weighted by atomic mass is 10.1. The van der Waals surface area contributed by atoms with Crippen LogP contribution in [0, 0.1) is 5.82 Å². The van der Waals surface area contributed by atoms with E-state index in [0.717, 1.165) is 22.7 Å². The third kappa shape index (κ3) is 3.04. The first kappa shape index (κ1) is 16.9. The van der Waals surface area contributed by atoms with Crippen molar-refractivity contribution in [1.82, 2.24) is 19.9 Å². The largest absolute Gasteiger partial charge is 0.361 e. The summed E-state index contributed by atoms with van der Waals surface area (Å²) in [4.78, 5) is 23.8. The molecule has 2 N–H and O–H groups in total. The number of rotatable bonds is 3. The fraction of sp³-hybridized carbons (Fsp3) is 0.294. The second-order valence-corrected chi connectivity index (χ2v) is 8.46. The summed E-state index contributed by atoms with van der Waals surface area (Å²) in [5, 5.41) is 0.638. The van der Waals surface area contributed by atoms with Gasteiger partial charge in [-0.2, -0.15) is 0 Å². The molecule has 4 rings (SSSR count). The average Bonchev–Trinajstić information content (AvgIpc) is 2.95. The van der Waals surface area contributed by atoms with Gasteiger partial charge in [-0.05, 0) is 30.2 Å². The number of sulfone groups is 1. The van der Waals surface area contributed by atoms with Gasteiger partial charge in [0.05, 0.1) is 5.69 Å². The van der Waals surface area contributed by atoms with Gasteiger partial charge in [0.15, 0.2) is 0 Å². The SMILES string of the molecule is CS(=O)(=O)c1nc2c(c(=O)[nH]1)CCN(Cc1c[nH]c3cc(F)ccc13)C2. The number of aromatic amines is 2. The van der Waals surface area contributed by atoms with E-state index in [4.69, 9.17) is 0 Å². The molecule has 3 aromatic rings. The fourth-order valence-corrected chi connectivity index (χ4v) is 3.87. The van der Waals surface area contributed by atoms with Gasteiger partial charge in [-0.15, -0.1) is 0 Å². The third-order valence-corrected chi connectivity index (χ3v) is 5.50. The zero-order valence-corrected chi connectivity index (χ0v) is 14.9. The Morgan fingerprint density at radius 3 is 2.92 bits per heavy atom. The Morgan fingerprint density at radius 2 is 2.15 bits per heavy atom. The molecule has 0 saturated heterocycles. The van der Waals surface area contributed by atoms with Crippen molar-refractivity contribution in [3.8, 4) is 0 Å². The minimum absolute atomic E-state index is 0.297. The molecule has 0 amide bonds. The van der Waals surface area contributed by atoms with Crippen LogP contribution in [0.1, 0.15) is 16.8 Å². The van der Waals surface area contributed by atoms with Crippen LogP contribution in [0.5, 0.6) is 0 Å². The molecule has 0 radical (unpaired) electrons. The molecule has 7 nitrogen and oxygen atoms in total. The molecule has 0 aliphatic carbocycles. The Bertz CT molecular complexity index is 1170. The summed E-state index contributed by atoms with van der Waals surface area (Å²) in [6.07, 6.45) is 3.36. The van der Waals surface area contributed by atoms with E-state index in [9.17, 15) is 17.6 Å². The van der Waals surface area contributed by atoms with E-state index in [1.165, 1.54) is 12.1 Å². The van der Waals surface area contributed by atoms with Crippen molar-refractivity contribution < 1.29 is 12.8 Å². The summed E-state index contributed by atoms with van der Waals surface area (Å²) in [6.45, 7) is 1.63. The minimum Gasteiger partial charge on any atom is -0.361 e. The van der Waals surface area contributed by atoms with E-state index < -0.39 is 15.4 Å². The Hall–Kier alpha value is -2.52. The van der Waals surface area contributed by atoms with Gasteiger partial charge in [0.2, 0.25) is 15.0 Å². The Morgan fingerprint density at radius 1 is 1.35 bits per heavy atom. The lowest BCUT2D eigenvalue weighted by Gasteiger charge is -2.27. The van der Waals surface area contributed by atoms with Gasteiger partial charge < -0.3 is 4.98 Å². The van der Waals surface area contributed by atoms with Gasteiger partial charge >= 0.3 is 0 Å². The highest BCUT2D eigenvalue weighted by Crippen LogP contribution is 2.23. The Balaban J connectivity index is 1.64. The van der Waals surface area contributed by atoms with E-state index in [0.29, 0.717) is 37.3 Å². The van der Waals surface area contributed by atoms with Crippen molar-refractivity contribution in [3.63, 3.8) is 0 Å². The molecular weight excluding hydrogens is 359 g/mol. The number of halogens is 1. The average molecular weight is 376 g/mol. The van der Waals surface area contributed by atoms with Crippen LogP contribution in [0.15, 0.2) is 34.3 Å². The fourth-order valence-electron chi connectivity index (χ4n) is 3.31. The molecule has 3 heterocycles. The molecule has 26 heavy (non-hydrogen) atoms. The zero-order valence-electron chi connectivity index (χ0n) is 14.0. The number of aromatic nitrogens is 3. The number of hydrogen-bond acceptors (Lipinski definition) is 5. The molecule has 0 fully saturated rings. The highest BCUT2D eigenvalue weighted by molar-refractivity contribution is 7.90. The van der Waals surface area contributed by atoms with Gasteiger partial charge in [0.25, 0.3) is 5.56 Å². The molecule has 1 aliphatic rings. The molecule has 0 unspecified atom stereocenters. The van der Waals surface area contributed by atoms with Crippen LogP contribution in [-0.4, -0.2) is 41.1 Å². The van der Waals surface area contributed by atoms with Crippen molar-refractivity contribution in [3.05, 3.63) is 57.4 Å². The number of nitrogens with one attached hydrogen (secondary N) is 2. The molecule has 9 heteroatoms. The van der Waals surface area contributed by atoms with Crippen LogP contribution in [0.25, 0.3) is 10.9 Å². The van der Waals surface area contributed by atoms with Crippen LogP contribution in [0.3, 0.4) is 0 Å². The second kappa shape index (κ2) is 6.03. The second-order valence-electron chi connectivity index (χ2n) is 6.53. The smallest absolute Gasteiger partial charge is 0.255 e. The summed E-state index contributed by atoms with van der Waals surface area (Å²) >= 11 is 0. The minimum atomic E-state index is -3.58. The first-order valence-corrected chi connectivity index (χ1v) is 10.0. The number of benzene rings is 1. The van der Waals surface area contributed by atoms with E-state index >= 15 is 0 Å². The summed E-state index contributed by atoms with van der Waals surface area (Å²) in [5.74, 6) is -0.297. The van der Waals surface area contributed by atoms with Crippen LogP contribution in [-0.2, 0) is 29.3 Å². The summed E-state index contributed by atoms with van der Waals surface area (Å²) < 4.78 is 36.7. The van der Waals surface area contributed by atoms with Gasteiger partial charge in [-0.1, -0.05) is 0 Å². The maximum absolute atomic E-state index is 13.3. The molecule has 1 aliphatic heterocycles. The van der Waals surface area contributed by atoms with Crippen LogP contribution >= 0.6 is 0 Å². The van der Waals surface area contributed by atoms with Gasteiger partial charge in [-0.3, -0.25) is 14.7 Å². The van der Waals surface area contributed by atoms with Crippen molar-refractivity contribution >= 4 is 20.7 Å². The number of fused-ring (bicyclic) bond motifs is 2. The molecule has 0 spiro atoms. The maximum Gasteiger partial charge on any atom is 0.255 e. The van der Waals surface area contributed by atoms with Crippen LogP contribution in [0.4, 0.5) is 4.39 Å². The van der Waals surface area contributed by atoms with Crippen molar-refractivity contribution in [2.45, 2.75) is 24.7 Å². The van der Waals surface area contributed by atoms with Gasteiger partial charge in [0, 0.05) is 48.6 Å². The molecule has 0 saturated carbocycles. The zero-order chi connectivity index (χ0) is 18.5. The Labute approximate surface area is 148 Å². The summed E-state index contributed by atoms with van der Waals surface area (Å²) in [5.41, 5.74) is 2.38. The number of nitrogens with zero attached hydrogens (tertiary/aromatic N) is 2. The topological polar surface area (TPSA) is 98.9 Å². The van der Waals surface area contributed by atoms with Crippen LogP contribution < -0.4 is 5.56 Å². The first-order chi connectivity index (χ1) is 12.3. The normalized spacial score (nSPS) is 15.3. The molecule has 2 aromatic heterocycles. The lowest BCUT2D eigenvalue weighted by molar-refractivity contribution is 0.240. The van der Waals surface area contributed by atoms with E-state index in [2.05, 4.69) is 19.9 Å². The Kier molecular flexibility index (Phi) is 3.92. The van der Waals surface area contributed by atoms with E-state index in [-0.39, 0.29) is 11.0 Å². The molecule has 136 valence electrons. The van der Waals surface area contributed by atoms with E-state index in [1.807, 2.05) is 6.20 Å². The molecule has 0 bridgehead atoms. The standard InChI is InChI=1S/C17H17FN4O3S/c1-26(24,25)17-20-15-9-22(5-4-13(15)16(23)21-17)8-10-7-19-14-6-11(18)2-3-12(10)14/h2-3,6-7,19H,4-5,8-9H2,1H3,(H,20,21,23). The van der Waals surface area contributed by atoms with Crippen molar-refractivity contribution in [1.29, 1.82) is 0 Å². The van der Waals surface area contributed by atoms with Gasteiger partial charge in [0.1, 0.15) is 5.82 Å². The first-order valence-electron chi connectivity index (χ1n) is 8.11. The quantitative estimate of drug-likeness (QED) is 0.673. The molecule has 1 aromatic carbocycles. The number of hydrogen-bond donors (Lipinski definition) is 2. The lowest BCUT2D eigenvalue weighted by Crippen LogP contribution is -2.35. The predicted octanol–water partition coefficient (Wildman–Crippen LogP) is 1.35. The molecular formula is C17H17FN4O3S. The number of H-pyrrole nitrogens is 2. The van der Waals surface area contributed by atoms with Crippen molar-refractivity contribution in [2.75, 3.05) is 12.8 Å². The molecule has 0 atom stereocenters. The highest BCUT2D eigenvalue weighted by Gasteiger charge is 2.24.